The van der Waals surface area contributed by atoms with Crippen molar-refractivity contribution in [3.8, 4) is 0 Å². The molecule has 3 rings (SSSR count). The molecule has 0 radical (unpaired) electrons. The molecule has 1 aliphatic rings. The summed E-state index contributed by atoms with van der Waals surface area (Å²) >= 11 is 0. The number of carbonyl (C=O) groups excluding carboxylic acids is 2. The van der Waals surface area contributed by atoms with E-state index in [1.165, 1.54) is 26.2 Å². The minimum atomic E-state index is -3.57. The van der Waals surface area contributed by atoms with Crippen molar-refractivity contribution in [3.05, 3.63) is 54.6 Å². The molecule has 0 unspecified atom stereocenters. The smallest absolute Gasteiger partial charge is 0.319 e. The van der Waals surface area contributed by atoms with Crippen LogP contribution in [0.3, 0.4) is 0 Å². The molecule has 1 fully saturated rings. The molecule has 0 aromatic heterocycles. The highest BCUT2D eigenvalue weighted by Crippen LogP contribution is 2.18. The molecular weight excluding hydrogens is 430 g/mol. The number of benzene rings is 2. The predicted octanol–water partition coefficient (Wildman–Crippen LogP) is 2.16. The number of nitrogens with one attached hydrogen (secondary N) is 3. The van der Waals surface area contributed by atoms with Gasteiger partial charge in [-0.3, -0.25) is 9.69 Å². The highest BCUT2D eigenvalue weighted by molar-refractivity contribution is 7.89. The average Bonchev–Trinajstić information content (AvgIpc) is 2.76. The maximum Gasteiger partial charge on any atom is 0.319 e. The molecule has 0 saturated carbocycles. The maximum absolute atomic E-state index is 12.4. The molecule has 9 nitrogen and oxygen atoms in total. The molecule has 32 heavy (non-hydrogen) atoms. The van der Waals surface area contributed by atoms with E-state index < -0.39 is 10.0 Å². The summed E-state index contributed by atoms with van der Waals surface area (Å²) in [7, 11) is -0.641. The first-order valence-electron chi connectivity index (χ1n) is 10.4. The maximum atomic E-state index is 12.4. The van der Waals surface area contributed by atoms with Crippen LogP contribution in [0.1, 0.15) is 12.8 Å². The Bertz CT molecular complexity index is 1040. The number of piperidine rings is 1. The van der Waals surface area contributed by atoms with Crippen LogP contribution < -0.4 is 16.0 Å². The first-order valence-corrected chi connectivity index (χ1v) is 11.9. The van der Waals surface area contributed by atoms with E-state index in [1.54, 1.807) is 12.1 Å². The van der Waals surface area contributed by atoms with E-state index in [4.69, 9.17) is 0 Å². The topological polar surface area (TPSA) is 111 Å². The van der Waals surface area contributed by atoms with Crippen molar-refractivity contribution in [2.45, 2.75) is 23.8 Å². The lowest BCUT2D eigenvalue weighted by molar-refractivity contribution is -0.117. The number of hydrogen-bond acceptors (Lipinski definition) is 5. The van der Waals surface area contributed by atoms with Gasteiger partial charge in [-0.2, -0.15) is 0 Å². The van der Waals surface area contributed by atoms with Crippen LogP contribution >= 0.6 is 0 Å². The SMILES string of the molecule is CN(C)S(=O)(=O)c1cccc(NC(=O)CN2CCC(NC(=O)Nc3ccccc3)CC2)c1. The van der Waals surface area contributed by atoms with Crippen molar-refractivity contribution in [1.82, 2.24) is 14.5 Å². The molecule has 2 aromatic rings. The third-order valence-corrected chi connectivity index (χ3v) is 7.03. The summed E-state index contributed by atoms with van der Waals surface area (Å²) < 4.78 is 25.7. The van der Waals surface area contributed by atoms with Crippen LogP contribution in [0.15, 0.2) is 59.5 Å². The predicted molar refractivity (Wildman–Crippen MR) is 124 cm³/mol. The van der Waals surface area contributed by atoms with Gasteiger partial charge in [-0.05, 0) is 43.2 Å². The fourth-order valence-electron chi connectivity index (χ4n) is 3.46. The van der Waals surface area contributed by atoms with Gasteiger partial charge in [0.15, 0.2) is 0 Å². The summed E-state index contributed by atoms with van der Waals surface area (Å²) in [6.45, 7) is 1.56. The Hall–Kier alpha value is -2.95. The van der Waals surface area contributed by atoms with Gasteiger partial charge in [-0.15, -0.1) is 0 Å². The minimum absolute atomic E-state index is 0.0472. The third-order valence-electron chi connectivity index (χ3n) is 5.22. The average molecular weight is 460 g/mol. The summed E-state index contributed by atoms with van der Waals surface area (Å²) in [4.78, 5) is 26.7. The lowest BCUT2D eigenvalue weighted by Crippen LogP contribution is -2.47. The molecule has 0 aliphatic carbocycles. The molecule has 2 aromatic carbocycles. The van der Waals surface area contributed by atoms with Gasteiger partial charge in [-0.1, -0.05) is 24.3 Å². The van der Waals surface area contributed by atoms with Crippen LogP contribution in [0.2, 0.25) is 0 Å². The molecule has 0 spiro atoms. The minimum Gasteiger partial charge on any atom is -0.335 e. The van der Waals surface area contributed by atoms with Crippen LogP contribution in [-0.4, -0.2) is 69.3 Å². The van der Waals surface area contributed by atoms with Crippen molar-refractivity contribution in [3.63, 3.8) is 0 Å². The summed E-state index contributed by atoms with van der Waals surface area (Å²) in [6, 6.07) is 15.3. The molecule has 10 heteroatoms. The fourth-order valence-corrected chi connectivity index (χ4v) is 4.41. The Balaban J connectivity index is 1.44. The second-order valence-corrected chi connectivity index (χ2v) is 10.0. The zero-order chi connectivity index (χ0) is 23.1. The highest BCUT2D eigenvalue weighted by atomic mass is 32.2. The Morgan fingerprint density at radius 3 is 2.28 bits per heavy atom. The van der Waals surface area contributed by atoms with E-state index in [1.807, 2.05) is 35.2 Å². The Labute approximate surface area is 188 Å². The van der Waals surface area contributed by atoms with Crippen molar-refractivity contribution < 1.29 is 18.0 Å². The van der Waals surface area contributed by atoms with Crippen LogP contribution in [0, 0.1) is 0 Å². The number of anilines is 2. The van der Waals surface area contributed by atoms with E-state index in [0.717, 1.165) is 22.8 Å². The second kappa shape index (κ2) is 10.6. The van der Waals surface area contributed by atoms with E-state index in [0.29, 0.717) is 18.8 Å². The fraction of sp³-hybridized carbons (Fsp3) is 0.364. The van der Waals surface area contributed by atoms with Crippen LogP contribution in [-0.2, 0) is 14.8 Å². The Morgan fingerprint density at radius 1 is 0.969 bits per heavy atom. The number of likely N-dealkylation sites (tertiary alicyclic amines) is 1. The summed E-state index contributed by atoms with van der Waals surface area (Å²) in [5, 5.41) is 8.55. The number of amides is 3. The van der Waals surface area contributed by atoms with Gasteiger partial charge in [0.2, 0.25) is 15.9 Å². The molecule has 0 bridgehead atoms. The normalized spacial score (nSPS) is 15.3. The molecule has 1 heterocycles. The van der Waals surface area contributed by atoms with Crippen molar-refractivity contribution in [2.24, 2.45) is 0 Å². The van der Waals surface area contributed by atoms with Gasteiger partial charge in [-0.25, -0.2) is 17.5 Å². The van der Waals surface area contributed by atoms with Crippen LogP contribution in [0.5, 0.6) is 0 Å². The number of carbonyl (C=O) groups is 2. The first kappa shape index (κ1) is 23.7. The van der Waals surface area contributed by atoms with Gasteiger partial charge < -0.3 is 16.0 Å². The first-order chi connectivity index (χ1) is 15.2. The molecule has 172 valence electrons. The van der Waals surface area contributed by atoms with E-state index >= 15 is 0 Å². The summed E-state index contributed by atoms with van der Waals surface area (Å²) in [5.74, 6) is -0.211. The van der Waals surface area contributed by atoms with Crippen molar-refractivity contribution >= 4 is 33.3 Å². The highest BCUT2D eigenvalue weighted by Gasteiger charge is 2.23. The van der Waals surface area contributed by atoms with Crippen LogP contribution in [0.4, 0.5) is 16.2 Å². The lowest BCUT2D eigenvalue weighted by Gasteiger charge is -2.31. The third kappa shape index (κ3) is 6.52. The Morgan fingerprint density at radius 2 is 1.62 bits per heavy atom. The largest absolute Gasteiger partial charge is 0.335 e. The van der Waals surface area contributed by atoms with Crippen LogP contribution in [0.25, 0.3) is 0 Å². The van der Waals surface area contributed by atoms with Crippen molar-refractivity contribution in [1.29, 1.82) is 0 Å². The number of urea groups is 1. The Kier molecular flexibility index (Phi) is 7.84. The monoisotopic (exact) mass is 459 g/mol. The zero-order valence-electron chi connectivity index (χ0n) is 18.2. The molecule has 1 aliphatic heterocycles. The zero-order valence-corrected chi connectivity index (χ0v) is 19.1. The number of rotatable bonds is 7. The van der Waals surface area contributed by atoms with Gasteiger partial charge >= 0.3 is 6.03 Å². The summed E-state index contributed by atoms with van der Waals surface area (Å²) in [5.41, 5.74) is 1.17. The van der Waals surface area contributed by atoms with E-state index in [2.05, 4.69) is 16.0 Å². The van der Waals surface area contributed by atoms with Gasteiger partial charge in [0.05, 0.1) is 11.4 Å². The van der Waals surface area contributed by atoms with E-state index in [-0.39, 0.29) is 29.4 Å². The molecule has 0 atom stereocenters. The van der Waals surface area contributed by atoms with E-state index in [9.17, 15) is 18.0 Å². The molecule has 3 N–H and O–H groups in total. The molecule has 1 saturated heterocycles. The van der Waals surface area contributed by atoms with Gasteiger partial charge in [0, 0.05) is 44.6 Å². The van der Waals surface area contributed by atoms with Crippen molar-refractivity contribution in [2.75, 3.05) is 44.4 Å². The summed E-state index contributed by atoms with van der Waals surface area (Å²) in [6.07, 6.45) is 1.48. The molecule has 3 amide bonds. The number of hydrogen-bond donors (Lipinski definition) is 3. The standard InChI is InChI=1S/C22H29N5O4S/c1-26(2)32(30,31)20-10-6-9-19(15-20)23-21(28)16-27-13-11-18(12-14-27)25-22(29)24-17-7-4-3-5-8-17/h3-10,15,18H,11-14,16H2,1-2H3,(H,23,28)(H2,24,25,29). The molecular formula is C22H29N5O4S. The number of nitrogens with zero attached hydrogens (tertiary/aromatic N) is 2. The lowest BCUT2D eigenvalue weighted by atomic mass is 10.1. The number of sulfonamides is 1. The number of para-hydroxylation sites is 1. The quantitative estimate of drug-likeness (QED) is 0.588. The van der Waals surface area contributed by atoms with Gasteiger partial charge in [0.1, 0.15) is 0 Å². The second-order valence-electron chi connectivity index (χ2n) is 7.88. The van der Waals surface area contributed by atoms with Gasteiger partial charge in [0.25, 0.3) is 0 Å².